The maximum Gasteiger partial charge on any atom is 0.302 e. The van der Waals surface area contributed by atoms with Crippen molar-refractivity contribution in [2.75, 3.05) is 0 Å². The minimum absolute atomic E-state index is 0.203. The summed E-state index contributed by atoms with van der Waals surface area (Å²) >= 11 is 0. The maximum absolute atomic E-state index is 12.0. The molecule has 0 N–H and O–H groups in total. The number of hydrogen-bond acceptors (Lipinski definition) is 4. The smallest absolute Gasteiger partial charge is 0.302 e. The summed E-state index contributed by atoms with van der Waals surface area (Å²) in [6, 6.07) is 7.64. The summed E-state index contributed by atoms with van der Waals surface area (Å²) in [6.45, 7) is 1.41. The molecule has 3 rings (SSSR count). The summed E-state index contributed by atoms with van der Waals surface area (Å²) in [4.78, 5) is 23.3. The molecule has 2 atom stereocenters. The highest BCUT2D eigenvalue weighted by Crippen LogP contribution is 2.30. The number of carbonyl (C=O) groups excluding carboxylic acids is 2. The lowest BCUT2D eigenvalue weighted by Crippen LogP contribution is -2.29. The Labute approximate surface area is 122 Å². The normalized spacial score (nSPS) is 23.0. The summed E-state index contributed by atoms with van der Waals surface area (Å²) < 4.78 is 7.29. The molecule has 2 aromatic rings. The van der Waals surface area contributed by atoms with E-state index in [1.54, 1.807) is 6.20 Å². The Balaban J connectivity index is 2.01. The van der Waals surface area contributed by atoms with Crippen LogP contribution in [0.25, 0.3) is 10.9 Å². The number of para-hydroxylation sites is 1. The number of fused-ring (bicyclic) bond motifs is 1. The van der Waals surface area contributed by atoms with Gasteiger partial charge in [-0.05, 0) is 18.9 Å². The van der Waals surface area contributed by atoms with Crippen LogP contribution in [0.2, 0.25) is 0 Å². The van der Waals surface area contributed by atoms with Crippen molar-refractivity contribution in [2.24, 2.45) is 0 Å². The highest BCUT2D eigenvalue weighted by atomic mass is 16.5. The van der Waals surface area contributed by atoms with E-state index >= 15 is 0 Å². The van der Waals surface area contributed by atoms with E-state index in [0.717, 1.165) is 17.3 Å². The van der Waals surface area contributed by atoms with Crippen molar-refractivity contribution < 1.29 is 14.3 Å². The molecular formula is C16H18N2O3. The monoisotopic (exact) mass is 286 g/mol. The fraction of sp³-hybridized carbons (Fsp3) is 0.438. The molecule has 1 heterocycles. The molecule has 0 radical (unpaired) electrons. The quantitative estimate of drug-likeness (QED) is 0.629. The van der Waals surface area contributed by atoms with Gasteiger partial charge in [0.05, 0.1) is 17.8 Å². The molecule has 0 saturated heterocycles. The number of aromatic nitrogens is 2. The van der Waals surface area contributed by atoms with Gasteiger partial charge in [0.1, 0.15) is 11.9 Å². The summed E-state index contributed by atoms with van der Waals surface area (Å²) in [7, 11) is 0. The minimum Gasteiger partial charge on any atom is -0.460 e. The molecular weight excluding hydrogens is 268 g/mol. The lowest BCUT2D eigenvalue weighted by atomic mass is 10.1. The number of nitrogens with zero attached hydrogens (tertiary/aromatic N) is 2. The molecule has 0 spiro atoms. The van der Waals surface area contributed by atoms with Gasteiger partial charge in [0.15, 0.2) is 0 Å². The molecule has 1 aliphatic carbocycles. The molecule has 1 aromatic heterocycles. The van der Waals surface area contributed by atoms with Gasteiger partial charge in [0.25, 0.3) is 0 Å². The summed E-state index contributed by atoms with van der Waals surface area (Å²) in [6.07, 6.45) is 3.86. The van der Waals surface area contributed by atoms with Crippen molar-refractivity contribution in [2.45, 2.75) is 44.8 Å². The van der Waals surface area contributed by atoms with E-state index in [1.165, 1.54) is 6.92 Å². The van der Waals surface area contributed by atoms with Gasteiger partial charge in [-0.15, -0.1) is 0 Å². The molecule has 0 bridgehead atoms. The molecule has 110 valence electrons. The van der Waals surface area contributed by atoms with Crippen LogP contribution in [-0.4, -0.2) is 27.6 Å². The Hall–Kier alpha value is -2.17. The summed E-state index contributed by atoms with van der Waals surface area (Å²) in [5.41, 5.74) is 0.967. The third-order valence-electron chi connectivity index (χ3n) is 3.95. The third-order valence-corrected chi connectivity index (χ3v) is 3.95. The molecule has 1 aromatic carbocycles. The van der Waals surface area contributed by atoms with Gasteiger partial charge in [-0.1, -0.05) is 18.2 Å². The number of Topliss-reactive ketones (excluding diaryl/α,β-unsaturated/α-hetero) is 1. The van der Waals surface area contributed by atoms with Crippen LogP contribution in [0.4, 0.5) is 0 Å². The standard InChI is InChI=1S/C16H18N2O3/c1-11(19)21-16-8-4-6-13(20)9-15(16)18-14-7-3-2-5-12(14)10-17-18/h2-3,5,7,10,15-16H,4,6,8-9H2,1H3/t15-,16+/m1/s1. The van der Waals surface area contributed by atoms with Crippen molar-refractivity contribution in [3.63, 3.8) is 0 Å². The number of hydrogen-bond donors (Lipinski definition) is 0. The first-order valence-electron chi connectivity index (χ1n) is 7.26. The number of rotatable bonds is 2. The second-order valence-corrected chi connectivity index (χ2v) is 5.50. The first-order chi connectivity index (χ1) is 10.1. The van der Waals surface area contributed by atoms with Crippen LogP contribution >= 0.6 is 0 Å². The van der Waals surface area contributed by atoms with Gasteiger partial charge in [-0.25, -0.2) is 0 Å². The molecule has 0 amide bonds. The maximum atomic E-state index is 12.0. The summed E-state index contributed by atoms with van der Waals surface area (Å²) in [5.74, 6) is -0.106. The first kappa shape index (κ1) is 13.8. The van der Waals surface area contributed by atoms with Gasteiger partial charge < -0.3 is 4.74 Å². The SMILES string of the molecule is CC(=O)O[C@H]1CCCC(=O)C[C@H]1n1ncc2ccccc21. The highest BCUT2D eigenvalue weighted by Gasteiger charge is 2.32. The van der Waals surface area contributed by atoms with Crippen molar-refractivity contribution in [3.05, 3.63) is 30.5 Å². The average molecular weight is 286 g/mol. The van der Waals surface area contributed by atoms with Gasteiger partial charge in [0, 0.05) is 25.2 Å². The Kier molecular flexibility index (Phi) is 3.73. The van der Waals surface area contributed by atoms with Gasteiger partial charge in [-0.3, -0.25) is 14.3 Å². The van der Waals surface area contributed by atoms with Crippen molar-refractivity contribution in [1.82, 2.24) is 9.78 Å². The fourth-order valence-electron chi connectivity index (χ4n) is 3.01. The fourth-order valence-corrected chi connectivity index (χ4v) is 3.01. The number of ketones is 1. The Bertz CT molecular complexity index is 677. The molecule has 5 heteroatoms. The lowest BCUT2D eigenvalue weighted by molar-refractivity contribution is -0.149. The molecule has 1 aliphatic rings. The van der Waals surface area contributed by atoms with Crippen LogP contribution in [0.15, 0.2) is 30.5 Å². The van der Waals surface area contributed by atoms with E-state index in [0.29, 0.717) is 19.3 Å². The Morgan fingerprint density at radius 2 is 2.19 bits per heavy atom. The second-order valence-electron chi connectivity index (χ2n) is 5.50. The Morgan fingerprint density at radius 3 is 3.00 bits per heavy atom. The number of benzene rings is 1. The van der Waals surface area contributed by atoms with Crippen LogP contribution in [0.1, 0.15) is 38.6 Å². The second kappa shape index (κ2) is 5.68. The van der Waals surface area contributed by atoms with Crippen molar-refractivity contribution in [3.8, 4) is 0 Å². The molecule has 0 unspecified atom stereocenters. The van der Waals surface area contributed by atoms with Gasteiger partial charge in [0.2, 0.25) is 0 Å². The van der Waals surface area contributed by atoms with Crippen LogP contribution < -0.4 is 0 Å². The molecule has 1 saturated carbocycles. The van der Waals surface area contributed by atoms with Crippen LogP contribution in [-0.2, 0) is 14.3 Å². The number of esters is 1. The van der Waals surface area contributed by atoms with E-state index < -0.39 is 0 Å². The molecule has 1 fully saturated rings. The van der Waals surface area contributed by atoms with Gasteiger partial charge in [-0.2, -0.15) is 5.10 Å². The predicted octanol–water partition coefficient (Wildman–Crippen LogP) is 2.65. The van der Waals surface area contributed by atoms with E-state index in [2.05, 4.69) is 5.10 Å². The average Bonchev–Trinajstić information content (AvgIpc) is 2.79. The number of carbonyl (C=O) groups is 2. The van der Waals surface area contributed by atoms with Crippen LogP contribution in [0, 0.1) is 0 Å². The highest BCUT2D eigenvalue weighted by molar-refractivity contribution is 5.81. The minimum atomic E-state index is -0.309. The zero-order valence-corrected chi connectivity index (χ0v) is 12.0. The van der Waals surface area contributed by atoms with E-state index in [-0.39, 0.29) is 23.9 Å². The van der Waals surface area contributed by atoms with E-state index in [4.69, 9.17) is 4.74 Å². The molecule has 5 nitrogen and oxygen atoms in total. The molecule has 21 heavy (non-hydrogen) atoms. The Morgan fingerprint density at radius 1 is 1.38 bits per heavy atom. The van der Waals surface area contributed by atoms with Crippen molar-refractivity contribution >= 4 is 22.7 Å². The molecule has 0 aliphatic heterocycles. The van der Waals surface area contributed by atoms with Crippen molar-refractivity contribution in [1.29, 1.82) is 0 Å². The lowest BCUT2D eigenvalue weighted by Gasteiger charge is -2.25. The summed E-state index contributed by atoms with van der Waals surface area (Å²) in [5, 5.41) is 5.45. The van der Waals surface area contributed by atoms with Gasteiger partial charge >= 0.3 is 5.97 Å². The van der Waals surface area contributed by atoms with Crippen LogP contribution in [0.5, 0.6) is 0 Å². The zero-order chi connectivity index (χ0) is 14.8. The first-order valence-corrected chi connectivity index (χ1v) is 7.26. The zero-order valence-electron chi connectivity index (χ0n) is 12.0. The van der Waals surface area contributed by atoms with Crippen LogP contribution in [0.3, 0.4) is 0 Å². The third kappa shape index (κ3) is 2.82. The predicted molar refractivity (Wildman–Crippen MR) is 77.8 cm³/mol. The topological polar surface area (TPSA) is 61.2 Å². The largest absolute Gasteiger partial charge is 0.460 e. The number of ether oxygens (including phenoxy) is 1. The van der Waals surface area contributed by atoms with E-state index in [9.17, 15) is 9.59 Å². The van der Waals surface area contributed by atoms with E-state index in [1.807, 2.05) is 28.9 Å².